The normalized spacial score (nSPS) is 27.2. The third kappa shape index (κ3) is 3.45. The molecule has 2 N–H and O–H groups in total. The molecule has 19 heavy (non-hydrogen) atoms. The standard InChI is InChI=1S/C14H19ClN2O2/c1-9-2-5-14(16)11(6-9)7-10-3-4-12(17(18)19)8-13(10)15/h3-4,8-9,11,14H,2,5-7,16H2,1H3. The number of benzene rings is 1. The van der Waals surface area contributed by atoms with Gasteiger partial charge in [0.15, 0.2) is 0 Å². The van der Waals surface area contributed by atoms with E-state index in [-0.39, 0.29) is 11.7 Å². The second kappa shape index (κ2) is 5.88. The van der Waals surface area contributed by atoms with Crippen LogP contribution in [0, 0.1) is 22.0 Å². The van der Waals surface area contributed by atoms with Crippen molar-refractivity contribution in [3.05, 3.63) is 38.9 Å². The van der Waals surface area contributed by atoms with Gasteiger partial charge in [-0.3, -0.25) is 10.1 Å². The summed E-state index contributed by atoms with van der Waals surface area (Å²) in [6.45, 7) is 2.25. The van der Waals surface area contributed by atoms with Crippen LogP contribution in [0.15, 0.2) is 18.2 Å². The molecule has 104 valence electrons. The molecule has 0 bridgehead atoms. The maximum absolute atomic E-state index is 10.7. The van der Waals surface area contributed by atoms with Crippen molar-refractivity contribution in [2.75, 3.05) is 0 Å². The fourth-order valence-electron chi connectivity index (χ4n) is 2.85. The van der Waals surface area contributed by atoms with E-state index in [4.69, 9.17) is 17.3 Å². The molecule has 1 aromatic carbocycles. The summed E-state index contributed by atoms with van der Waals surface area (Å²) in [6.07, 6.45) is 4.15. The van der Waals surface area contributed by atoms with Crippen LogP contribution in [0.3, 0.4) is 0 Å². The van der Waals surface area contributed by atoms with E-state index < -0.39 is 4.92 Å². The van der Waals surface area contributed by atoms with E-state index >= 15 is 0 Å². The van der Waals surface area contributed by atoms with E-state index in [1.165, 1.54) is 18.6 Å². The molecular formula is C14H19ClN2O2. The molecule has 3 unspecified atom stereocenters. The van der Waals surface area contributed by atoms with Crippen molar-refractivity contribution in [3.63, 3.8) is 0 Å². The largest absolute Gasteiger partial charge is 0.327 e. The molecular weight excluding hydrogens is 264 g/mol. The van der Waals surface area contributed by atoms with E-state index in [1.54, 1.807) is 6.07 Å². The number of halogens is 1. The molecule has 1 aromatic rings. The molecule has 0 saturated heterocycles. The number of hydrogen-bond acceptors (Lipinski definition) is 3. The first-order valence-corrected chi connectivity index (χ1v) is 7.03. The third-order valence-electron chi connectivity index (χ3n) is 4.03. The van der Waals surface area contributed by atoms with Crippen molar-refractivity contribution < 1.29 is 4.92 Å². The second-order valence-corrected chi connectivity index (χ2v) is 5.99. The van der Waals surface area contributed by atoms with Crippen LogP contribution in [0.25, 0.3) is 0 Å². The summed E-state index contributed by atoms with van der Waals surface area (Å²) in [5, 5.41) is 11.1. The number of hydrogen-bond donors (Lipinski definition) is 1. The lowest BCUT2D eigenvalue weighted by atomic mass is 9.76. The fraction of sp³-hybridized carbons (Fsp3) is 0.571. The molecule has 2 rings (SSSR count). The van der Waals surface area contributed by atoms with Gasteiger partial charge >= 0.3 is 0 Å². The number of nitro benzene ring substituents is 1. The zero-order chi connectivity index (χ0) is 14.0. The van der Waals surface area contributed by atoms with Gasteiger partial charge in [0.25, 0.3) is 5.69 Å². The van der Waals surface area contributed by atoms with Gasteiger partial charge in [-0.1, -0.05) is 24.6 Å². The van der Waals surface area contributed by atoms with Gasteiger partial charge < -0.3 is 5.73 Å². The molecule has 0 aromatic heterocycles. The Hall–Kier alpha value is -1.13. The number of nitrogens with zero attached hydrogens (tertiary/aromatic N) is 1. The highest BCUT2D eigenvalue weighted by Gasteiger charge is 2.26. The van der Waals surface area contributed by atoms with Gasteiger partial charge in [0.2, 0.25) is 0 Å². The molecule has 4 nitrogen and oxygen atoms in total. The molecule has 0 radical (unpaired) electrons. The first kappa shape index (κ1) is 14.3. The molecule has 0 spiro atoms. The summed E-state index contributed by atoms with van der Waals surface area (Å²) in [7, 11) is 0. The maximum atomic E-state index is 10.7. The highest BCUT2D eigenvalue weighted by molar-refractivity contribution is 6.31. The smallest absolute Gasteiger partial charge is 0.270 e. The van der Waals surface area contributed by atoms with Crippen LogP contribution in [-0.2, 0) is 6.42 Å². The Morgan fingerprint density at radius 1 is 1.47 bits per heavy atom. The summed E-state index contributed by atoms with van der Waals surface area (Å²) in [5.41, 5.74) is 7.16. The minimum atomic E-state index is -0.427. The molecule has 0 amide bonds. The average Bonchev–Trinajstić information content (AvgIpc) is 2.36. The summed E-state index contributed by atoms with van der Waals surface area (Å²) in [6, 6.07) is 4.91. The minimum Gasteiger partial charge on any atom is -0.327 e. The number of rotatable bonds is 3. The Morgan fingerprint density at radius 2 is 2.21 bits per heavy atom. The summed E-state index contributed by atoms with van der Waals surface area (Å²) < 4.78 is 0. The molecule has 1 saturated carbocycles. The van der Waals surface area contributed by atoms with Crippen LogP contribution in [0.4, 0.5) is 5.69 Å². The lowest BCUT2D eigenvalue weighted by molar-refractivity contribution is -0.384. The predicted molar refractivity (Wildman–Crippen MR) is 76.3 cm³/mol. The molecule has 3 atom stereocenters. The van der Waals surface area contributed by atoms with E-state index in [0.29, 0.717) is 16.9 Å². The third-order valence-corrected chi connectivity index (χ3v) is 4.38. The van der Waals surface area contributed by atoms with Crippen LogP contribution < -0.4 is 5.73 Å². The van der Waals surface area contributed by atoms with Crippen molar-refractivity contribution in [1.29, 1.82) is 0 Å². The van der Waals surface area contributed by atoms with Crippen LogP contribution in [0.5, 0.6) is 0 Å². The Labute approximate surface area is 118 Å². The zero-order valence-electron chi connectivity index (χ0n) is 11.0. The van der Waals surface area contributed by atoms with Crippen LogP contribution in [0.1, 0.15) is 31.7 Å². The van der Waals surface area contributed by atoms with Gasteiger partial charge in [-0.2, -0.15) is 0 Å². The Morgan fingerprint density at radius 3 is 2.84 bits per heavy atom. The van der Waals surface area contributed by atoms with Crippen molar-refractivity contribution >= 4 is 17.3 Å². The topological polar surface area (TPSA) is 69.2 Å². The number of nitrogens with two attached hydrogens (primary N) is 1. The zero-order valence-corrected chi connectivity index (χ0v) is 11.8. The van der Waals surface area contributed by atoms with Gasteiger partial charge in [-0.15, -0.1) is 0 Å². The Balaban J connectivity index is 2.12. The fourth-order valence-corrected chi connectivity index (χ4v) is 3.11. The SMILES string of the molecule is CC1CCC(N)C(Cc2ccc([N+](=O)[O-])cc2Cl)C1. The van der Waals surface area contributed by atoms with Gasteiger partial charge in [0.1, 0.15) is 0 Å². The minimum absolute atomic E-state index is 0.0371. The Kier molecular flexibility index (Phi) is 4.42. The molecule has 1 aliphatic rings. The lowest BCUT2D eigenvalue weighted by Gasteiger charge is -2.32. The van der Waals surface area contributed by atoms with Gasteiger partial charge in [-0.05, 0) is 43.1 Å². The van der Waals surface area contributed by atoms with Crippen molar-refractivity contribution in [2.45, 2.75) is 38.6 Å². The monoisotopic (exact) mass is 282 g/mol. The maximum Gasteiger partial charge on any atom is 0.270 e. The van der Waals surface area contributed by atoms with E-state index in [2.05, 4.69) is 6.92 Å². The average molecular weight is 283 g/mol. The van der Waals surface area contributed by atoms with E-state index in [1.807, 2.05) is 0 Å². The number of nitro groups is 1. The molecule has 1 fully saturated rings. The lowest BCUT2D eigenvalue weighted by Crippen LogP contribution is -2.36. The summed E-state index contributed by atoms with van der Waals surface area (Å²) in [4.78, 5) is 10.2. The van der Waals surface area contributed by atoms with Crippen LogP contribution >= 0.6 is 11.6 Å². The first-order chi connectivity index (χ1) is 8.97. The van der Waals surface area contributed by atoms with Crippen molar-refractivity contribution in [3.8, 4) is 0 Å². The highest BCUT2D eigenvalue weighted by Crippen LogP contribution is 2.32. The second-order valence-electron chi connectivity index (χ2n) is 5.58. The molecule has 0 heterocycles. The highest BCUT2D eigenvalue weighted by atomic mass is 35.5. The molecule has 5 heteroatoms. The van der Waals surface area contributed by atoms with Gasteiger partial charge in [0.05, 0.1) is 9.95 Å². The van der Waals surface area contributed by atoms with E-state index in [9.17, 15) is 10.1 Å². The summed E-state index contributed by atoms with van der Waals surface area (Å²) in [5.74, 6) is 1.12. The summed E-state index contributed by atoms with van der Waals surface area (Å²) >= 11 is 6.13. The van der Waals surface area contributed by atoms with Crippen molar-refractivity contribution in [2.24, 2.45) is 17.6 Å². The molecule has 1 aliphatic carbocycles. The van der Waals surface area contributed by atoms with Crippen LogP contribution in [-0.4, -0.2) is 11.0 Å². The predicted octanol–water partition coefficient (Wildman–Crippen LogP) is 3.55. The van der Waals surface area contributed by atoms with E-state index in [0.717, 1.165) is 24.8 Å². The van der Waals surface area contributed by atoms with Gasteiger partial charge in [-0.25, -0.2) is 0 Å². The molecule has 0 aliphatic heterocycles. The van der Waals surface area contributed by atoms with Crippen LogP contribution in [0.2, 0.25) is 5.02 Å². The van der Waals surface area contributed by atoms with Crippen molar-refractivity contribution in [1.82, 2.24) is 0 Å². The quantitative estimate of drug-likeness (QED) is 0.681. The first-order valence-electron chi connectivity index (χ1n) is 6.65. The van der Waals surface area contributed by atoms with Gasteiger partial charge in [0, 0.05) is 18.2 Å². The Bertz CT molecular complexity index is 479. The number of non-ortho nitro benzene ring substituents is 1.